The molecular formula is C28H41IrN2Si2-. The van der Waals surface area contributed by atoms with Gasteiger partial charge in [0, 0.05) is 38.2 Å². The first-order chi connectivity index (χ1) is 15.5. The molecule has 3 aromatic rings. The molecule has 1 heterocycles. The van der Waals surface area contributed by atoms with E-state index in [2.05, 4.69) is 93.7 Å². The number of hydrogen-bond acceptors (Lipinski definition) is 1. The molecule has 33 heavy (non-hydrogen) atoms. The minimum Gasteiger partial charge on any atom is -0.340 e. The monoisotopic (exact) mass is 654 g/mol. The number of rotatable bonds is 11. The molecule has 181 valence electrons. The van der Waals surface area contributed by atoms with E-state index < -0.39 is 16.1 Å². The van der Waals surface area contributed by atoms with Crippen LogP contribution in [0.2, 0.25) is 36.3 Å². The third-order valence-corrected chi connectivity index (χ3v) is 23.8. The van der Waals surface area contributed by atoms with E-state index in [0.717, 1.165) is 16.6 Å². The summed E-state index contributed by atoms with van der Waals surface area (Å²) in [6, 6.07) is 29.4. The Hall–Kier alpha value is -1.27. The summed E-state index contributed by atoms with van der Waals surface area (Å²) in [6.07, 6.45) is 3.95. The number of aromatic nitrogens is 2. The quantitative estimate of drug-likeness (QED) is 0.150. The van der Waals surface area contributed by atoms with Gasteiger partial charge in [0.2, 0.25) is 0 Å². The number of imidazole rings is 1. The van der Waals surface area contributed by atoms with Crippen molar-refractivity contribution >= 4 is 16.1 Å². The van der Waals surface area contributed by atoms with Crippen molar-refractivity contribution in [2.45, 2.75) is 83.0 Å². The number of benzene rings is 2. The normalized spacial score (nSPS) is 12.1. The summed E-state index contributed by atoms with van der Waals surface area (Å²) in [5.74, 6) is 0.952. The van der Waals surface area contributed by atoms with Crippen molar-refractivity contribution in [2.75, 3.05) is 0 Å². The van der Waals surface area contributed by atoms with Gasteiger partial charge < -0.3 is 4.57 Å². The van der Waals surface area contributed by atoms with E-state index in [9.17, 15) is 0 Å². The Kier molecular flexibility index (Phi) is 10.5. The fourth-order valence-corrected chi connectivity index (χ4v) is 22.3. The van der Waals surface area contributed by atoms with Crippen LogP contribution in [0, 0.1) is 6.07 Å². The van der Waals surface area contributed by atoms with Gasteiger partial charge in [-0.1, -0.05) is 95.5 Å². The maximum atomic E-state index is 4.62. The molecule has 0 fully saturated rings. The van der Waals surface area contributed by atoms with Crippen LogP contribution in [0.3, 0.4) is 0 Å². The van der Waals surface area contributed by atoms with Gasteiger partial charge in [-0.25, -0.2) is 0 Å². The smallest absolute Gasteiger partial charge is 0.0602 e. The first-order valence-electron chi connectivity index (χ1n) is 12.6. The summed E-state index contributed by atoms with van der Waals surface area (Å²) < 4.78 is 2.19. The molecule has 2 nitrogen and oxygen atoms in total. The maximum Gasteiger partial charge on any atom is 0.0602 e. The largest absolute Gasteiger partial charge is 0.340 e. The van der Waals surface area contributed by atoms with Crippen LogP contribution < -0.4 is 0 Å². The predicted molar refractivity (Wildman–Crippen MR) is 145 cm³/mol. The molecule has 0 aliphatic heterocycles. The summed E-state index contributed by atoms with van der Waals surface area (Å²) in [4.78, 5) is 4.62. The SMILES string of the molecule is CC[Si](CC)(CC)C(c1ccc(-n2ccnc2-c2[c-]cccc2)cc1)[Si](CC)(CC)CC.[Ir]. The molecule has 0 saturated carbocycles. The minimum absolute atomic E-state index is 0. The molecule has 1 radical (unpaired) electrons. The number of hydrogen-bond donors (Lipinski definition) is 0. The van der Waals surface area contributed by atoms with E-state index in [4.69, 9.17) is 0 Å². The van der Waals surface area contributed by atoms with E-state index in [0.29, 0.717) is 0 Å². The molecule has 0 saturated heterocycles. The minimum atomic E-state index is -1.40. The van der Waals surface area contributed by atoms with Crippen LogP contribution >= 0.6 is 0 Å². The van der Waals surface area contributed by atoms with E-state index >= 15 is 0 Å². The van der Waals surface area contributed by atoms with Crippen LogP contribution in [0.15, 0.2) is 60.9 Å². The van der Waals surface area contributed by atoms with E-state index in [1.54, 1.807) is 5.56 Å². The molecule has 0 N–H and O–H groups in total. The van der Waals surface area contributed by atoms with Crippen LogP contribution in [-0.4, -0.2) is 25.7 Å². The molecule has 3 rings (SSSR count). The Bertz CT molecular complexity index is 925. The van der Waals surface area contributed by atoms with Crippen LogP contribution in [0.25, 0.3) is 17.1 Å². The second-order valence-electron chi connectivity index (χ2n) is 9.27. The average Bonchev–Trinajstić information content (AvgIpc) is 3.36. The summed E-state index contributed by atoms with van der Waals surface area (Å²) in [7, 11) is -2.79. The van der Waals surface area contributed by atoms with Gasteiger partial charge in [0.05, 0.1) is 22.0 Å². The zero-order valence-electron chi connectivity index (χ0n) is 21.3. The third-order valence-electron chi connectivity index (χ3n) is 8.54. The van der Waals surface area contributed by atoms with E-state index in [-0.39, 0.29) is 20.1 Å². The van der Waals surface area contributed by atoms with Crippen molar-refractivity contribution in [3.05, 3.63) is 72.6 Å². The summed E-state index contributed by atoms with van der Waals surface area (Å²) in [5, 5.41) is 0.841. The fourth-order valence-electron chi connectivity index (χ4n) is 6.15. The molecule has 2 aromatic carbocycles. The van der Waals surface area contributed by atoms with Crippen molar-refractivity contribution in [3.63, 3.8) is 0 Å². The first-order valence-corrected chi connectivity index (χ1v) is 18.0. The predicted octanol–water partition coefficient (Wildman–Crippen LogP) is 8.52. The van der Waals surface area contributed by atoms with Crippen molar-refractivity contribution in [1.29, 1.82) is 0 Å². The Morgan fingerprint density at radius 1 is 0.788 bits per heavy atom. The average molecular weight is 654 g/mol. The third kappa shape index (κ3) is 5.37. The van der Waals surface area contributed by atoms with Crippen LogP contribution in [0.5, 0.6) is 0 Å². The van der Waals surface area contributed by atoms with Gasteiger partial charge in [0.25, 0.3) is 0 Å². The fraction of sp³-hybridized carbons (Fsp3) is 0.464. The number of nitrogens with zero attached hydrogens (tertiary/aromatic N) is 2. The van der Waals surface area contributed by atoms with E-state index in [1.807, 2.05) is 24.4 Å². The van der Waals surface area contributed by atoms with Gasteiger partial charge >= 0.3 is 0 Å². The Labute approximate surface area is 217 Å². The van der Waals surface area contributed by atoms with Gasteiger partial charge in [-0.3, -0.25) is 4.98 Å². The van der Waals surface area contributed by atoms with Crippen molar-refractivity contribution in [3.8, 4) is 17.1 Å². The summed E-state index contributed by atoms with van der Waals surface area (Å²) >= 11 is 0. The van der Waals surface area contributed by atoms with Crippen molar-refractivity contribution in [1.82, 2.24) is 9.55 Å². The van der Waals surface area contributed by atoms with Crippen LogP contribution in [0.1, 0.15) is 52.3 Å². The molecule has 0 amide bonds. The Morgan fingerprint density at radius 2 is 1.33 bits per heavy atom. The first kappa shape index (κ1) is 28.0. The second kappa shape index (κ2) is 12.4. The van der Waals surface area contributed by atoms with Crippen LogP contribution in [0.4, 0.5) is 0 Å². The van der Waals surface area contributed by atoms with Gasteiger partial charge in [-0.2, -0.15) is 0 Å². The molecule has 1 aromatic heterocycles. The van der Waals surface area contributed by atoms with Crippen molar-refractivity contribution < 1.29 is 20.1 Å². The van der Waals surface area contributed by atoms with E-state index in [1.165, 1.54) is 42.0 Å². The summed E-state index contributed by atoms with van der Waals surface area (Å²) in [5.41, 5.74) is 3.84. The van der Waals surface area contributed by atoms with Gasteiger partial charge in [0.1, 0.15) is 0 Å². The zero-order chi connectivity index (χ0) is 23.2. The molecule has 0 unspecified atom stereocenters. The Balaban J connectivity index is 0.00000385. The molecular weight excluding hydrogens is 613 g/mol. The Morgan fingerprint density at radius 3 is 1.79 bits per heavy atom. The zero-order valence-corrected chi connectivity index (χ0v) is 25.7. The topological polar surface area (TPSA) is 17.8 Å². The molecule has 0 atom stereocenters. The second-order valence-corrected chi connectivity index (χ2v) is 20.7. The maximum absolute atomic E-state index is 4.62. The van der Waals surface area contributed by atoms with Crippen LogP contribution in [-0.2, 0) is 20.1 Å². The molecule has 5 heteroatoms. The standard InChI is InChI=1S/C28H41N2Si2.Ir/c1-7-31(8-2,9-3)28(32(10-4,11-5)12-6)25-18-20-26(21-19-25)30-23-22-29-27(30)24-16-14-13-15-17-24;/h13-16,18-23,28H,7-12H2,1-6H3;/q-1;. The molecule has 0 bridgehead atoms. The van der Waals surface area contributed by atoms with Crippen molar-refractivity contribution in [2.24, 2.45) is 0 Å². The van der Waals surface area contributed by atoms with Gasteiger partial charge in [-0.05, 0) is 17.3 Å². The van der Waals surface area contributed by atoms with Gasteiger partial charge in [0.15, 0.2) is 0 Å². The van der Waals surface area contributed by atoms with Gasteiger partial charge in [-0.15, -0.1) is 35.9 Å². The summed E-state index contributed by atoms with van der Waals surface area (Å²) in [6.45, 7) is 14.9. The molecule has 0 aliphatic rings. The molecule has 0 aliphatic carbocycles. The molecule has 0 spiro atoms.